The van der Waals surface area contributed by atoms with Gasteiger partial charge in [0.15, 0.2) is 0 Å². The second-order valence-corrected chi connectivity index (χ2v) is 5.97. The van der Waals surface area contributed by atoms with Crippen LogP contribution < -0.4 is 15.4 Å². The van der Waals surface area contributed by atoms with Gasteiger partial charge in [0.2, 0.25) is 11.6 Å². The Hall–Kier alpha value is -3.68. The van der Waals surface area contributed by atoms with Crippen molar-refractivity contribution in [2.75, 3.05) is 17.7 Å². The largest absolute Gasteiger partial charge is 0.497 e. The molecule has 8 heteroatoms. The minimum atomic E-state index is -0.501. The third-order valence-corrected chi connectivity index (χ3v) is 4.00. The molecule has 2 N–H and O–H groups in total. The van der Waals surface area contributed by atoms with Gasteiger partial charge in [-0.15, -0.1) is 0 Å². The summed E-state index contributed by atoms with van der Waals surface area (Å²) in [5.41, 5.74) is 3.17. The highest BCUT2D eigenvalue weighted by atomic mass is 16.6. The van der Waals surface area contributed by atoms with Crippen molar-refractivity contribution in [2.24, 2.45) is 0 Å². The van der Waals surface area contributed by atoms with Gasteiger partial charge in [-0.2, -0.15) is 0 Å². The summed E-state index contributed by atoms with van der Waals surface area (Å²) in [5.74, 6) is 0.919. The van der Waals surface area contributed by atoms with E-state index in [4.69, 9.17) is 4.74 Å². The highest BCUT2D eigenvalue weighted by molar-refractivity contribution is 5.77. The fourth-order valence-electron chi connectivity index (χ4n) is 2.54. The summed E-state index contributed by atoms with van der Waals surface area (Å²) in [6.07, 6.45) is 1.28. The number of hydrogen-bond acceptors (Lipinski definition) is 7. The Balaban J connectivity index is 1.96. The minimum absolute atomic E-state index is 0.105. The van der Waals surface area contributed by atoms with E-state index in [0.717, 1.165) is 16.8 Å². The van der Waals surface area contributed by atoms with Gasteiger partial charge in [0.25, 0.3) is 0 Å². The molecule has 0 saturated carbocycles. The molecule has 0 bridgehead atoms. The van der Waals surface area contributed by atoms with Crippen LogP contribution in [-0.2, 0) is 0 Å². The van der Waals surface area contributed by atoms with E-state index in [9.17, 15) is 10.1 Å². The predicted molar refractivity (Wildman–Crippen MR) is 104 cm³/mol. The van der Waals surface area contributed by atoms with E-state index in [1.165, 1.54) is 6.33 Å². The van der Waals surface area contributed by atoms with Crippen molar-refractivity contribution in [2.45, 2.75) is 13.8 Å². The van der Waals surface area contributed by atoms with Gasteiger partial charge in [0.1, 0.15) is 12.1 Å². The van der Waals surface area contributed by atoms with Gasteiger partial charge >= 0.3 is 5.69 Å². The van der Waals surface area contributed by atoms with Crippen LogP contribution in [0.3, 0.4) is 0 Å². The lowest BCUT2D eigenvalue weighted by Gasteiger charge is -2.12. The highest BCUT2D eigenvalue weighted by Gasteiger charge is 2.23. The molecule has 27 heavy (non-hydrogen) atoms. The second kappa shape index (κ2) is 7.69. The summed E-state index contributed by atoms with van der Waals surface area (Å²) in [7, 11) is 1.57. The van der Waals surface area contributed by atoms with Gasteiger partial charge in [-0.25, -0.2) is 9.97 Å². The summed E-state index contributed by atoms with van der Waals surface area (Å²) in [5, 5.41) is 17.7. The first-order valence-electron chi connectivity index (χ1n) is 8.22. The Morgan fingerprint density at radius 1 is 1.00 bits per heavy atom. The Labute approximate surface area is 156 Å². The molecule has 1 heterocycles. The number of methoxy groups -OCH3 is 1. The third-order valence-electron chi connectivity index (χ3n) is 4.00. The average Bonchev–Trinajstić information content (AvgIpc) is 2.65. The van der Waals surface area contributed by atoms with E-state index in [-0.39, 0.29) is 17.3 Å². The molecule has 0 aliphatic heterocycles. The fraction of sp³-hybridized carbons (Fsp3) is 0.158. The van der Waals surface area contributed by atoms with Crippen molar-refractivity contribution in [1.29, 1.82) is 0 Å². The number of rotatable bonds is 6. The summed E-state index contributed by atoms with van der Waals surface area (Å²) in [4.78, 5) is 19.3. The number of anilines is 4. The third kappa shape index (κ3) is 4.12. The fourth-order valence-corrected chi connectivity index (χ4v) is 2.54. The first kappa shape index (κ1) is 18.1. The van der Waals surface area contributed by atoms with Crippen LogP contribution in [-0.4, -0.2) is 22.0 Å². The molecule has 3 aromatic rings. The number of benzene rings is 2. The van der Waals surface area contributed by atoms with Crippen LogP contribution in [0.1, 0.15) is 11.1 Å². The first-order chi connectivity index (χ1) is 13.0. The maximum atomic E-state index is 11.7. The maximum Gasteiger partial charge on any atom is 0.353 e. The van der Waals surface area contributed by atoms with E-state index >= 15 is 0 Å². The van der Waals surface area contributed by atoms with Gasteiger partial charge in [-0.1, -0.05) is 12.1 Å². The van der Waals surface area contributed by atoms with Crippen LogP contribution in [0.15, 0.2) is 48.8 Å². The topological polar surface area (TPSA) is 102 Å². The van der Waals surface area contributed by atoms with Gasteiger partial charge in [-0.05, 0) is 55.3 Å². The standard InChI is InChI=1S/C19H19N5O3/c1-12-4-5-13(2)16(10-12)23-19-17(24(25)26)18(20-11-21-19)22-14-6-8-15(27-3)9-7-14/h4-11H,1-3H3,(H2,20,21,22,23). The molecule has 2 aromatic carbocycles. The zero-order valence-electron chi connectivity index (χ0n) is 15.2. The Bertz CT molecular complexity index is 974. The summed E-state index contributed by atoms with van der Waals surface area (Å²) >= 11 is 0. The van der Waals surface area contributed by atoms with E-state index in [1.807, 2.05) is 32.0 Å². The molecular formula is C19H19N5O3. The number of nitro groups is 1. The van der Waals surface area contributed by atoms with Gasteiger partial charge in [0.05, 0.1) is 12.0 Å². The van der Waals surface area contributed by atoms with Crippen LogP contribution in [0.2, 0.25) is 0 Å². The Morgan fingerprint density at radius 2 is 1.67 bits per heavy atom. The van der Waals surface area contributed by atoms with Crippen molar-refractivity contribution >= 4 is 28.7 Å². The molecule has 1 aromatic heterocycles. The molecule has 0 amide bonds. The molecule has 0 unspecified atom stereocenters. The van der Waals surface area contributed by atoms with E-state index in [1.54, 1.807) is 31.4 Å². The minimum Gasteiger partial charge on any atom is -0.497 e. The van der Waals surface area contributed by atoms with Crippen molar-refractivity contribution in [3.05, 3.63) is 70.0 Å². The lowest BCUT2D eigenvalue weighted by molar-refractivity contribution is -0.383. The smallest absolute Gasteiger partial charge is 0.353 e. The maximum absolute atomic E-state index is 11.7. The van der Waals surface area contributed by atoms with Crippen molar-refractivity contribution in [3.63, 3.8) is 0 Å². The molecular weight excluding hydrogens is 346 g/mol. The van der Waals surface area contributed by atoms with Gasteiger partial charge in [-0.3, -0.25) is 10.1 Å². The lowest BCUT2D eigenvalue weighted by atomic mass is 10.1. The molecule has 8 nitrogen and oxygen atoms in total. The molecule has 0 spiro atoms. The van der Waals surface area contributed by atoms with Crippen LogP contribution in [0.25, 0.3) is 0 Å². The normalized spacial score (nSPS) is 10.3. The van der Waals surface area contributed by atoms with E-state index in [2.05, 4.69) is 20.6 Å². The number of aryl methyl sites for hydroxylation is 2. The lowest BCUT2D eigenvalue weighted by Crippen LogP contribution is -2.06. The quantitative estimate of drug-likeness (QED) is 0.490. The molecule has 3 rings (SSSR count). The number of nitrogens with one attached hydrogen (secondary N) is 2. The van der Waals surface area contributed by atoms with Crippen molar-refractivity contribution in [1.82, 2.24) is 9.97 Å². The van der Waals surface area contributed by atoms with Crippen LogP contribution in [0, 0.1) is 24.0 Å². The number of nitrogens with zero attached hydrogens (tertiary/aromatic N) is 3. The van der Waals surface area contributed by atoms with E-state index < -0.39 is 4.92 Å². The average molecular weight is 365 g/mol. The van der Waals surface area contributed by atoms with Crippen LogP contribution >= 0.6 is 0 Å². The molecule has 0 saturated heterocycles. The van der Waals surface area contributed by atoms with Crippen LogP contribution in [0.4, 0.5) is 28.7 Å². The Morgan fingerprint density at radius 3 is 2.30 bits per heavy atom. The predicted octanol–water partition coefficient (Wildman–Crippen LogP) is 4.50. The molecule has 0 radical (unpaired) electrons. The molecule has 0 fully saturated rings. The first-order valence-corrected chi connectivity index (χ1v) is 8.22. The van der Waals surface area contributed by atoms with Gasteiger partial charge in [0, 0.05) is 11.4 Å². The summed E-state index contributed by atoms with van der Waals surface area (Å²) < 4.78 is 5.12. The second-order valence-electron chi connectivity index (χ2n) is 5.97. The van der Waals surface area contributed by atoms with Crippen LogP contribution in [0.5, 0.6) is 5.75 Å². The molecule has 0 atom stereocenters. The number of ether oxygens (including phenoxy) is 1. The zero-order valence-corrected chi connectivity index (χ0v) is 15.2. The zero-order chi connectivity index (χ0) is 19.4. The summed E-state index contributed by atoms with van der Waals surface area (Å²) in [6, 6.07) is 12.9. The van der Waals surface area contributed by atoms with Gasteiger partial charge < -0.3 is 15.4 Å². The number of aromatic nitrogens is 2. The monoisotopic (exact) mass is 365 g/mol. The van der Waals surface area contributed by atoms with Crippen molar-refractivity contribution in [3.8, 4) is 5.75 Å². The highest BCUT2D eigenvalue weighted by Crippen LogP contribution is 2.34. The summed E-state index contributed by atoms with van der Waals surface area (Å²) in [6.45, 7) is 3.88. The Kier molecular flexibility index (Phi) is 5.16. The SMILES string of the molecule is COc1ccc(Nc2ncnc(Nc3cc(C)ccc3C)c2[N+](=O)[O-])cc1. The van der Waals surface area contributed by atoms with Crippen molar-refractivity contribution < 1.29 is 9.66 Å². The molecule has 0 aliphatic carbocycles. The molecule has 0 aliphatic rings. The van der Waals surface area contributed by atoms with E-state index in [0.29, 0.717) is 11.4 Å². The number of hydrogen-bond donors (Lipinski definition) is 2. The molecule has 138 valence electrons.